The number of hydrogen-bond donors (Lipinski definition) is 1. The number of rotatable bonds is 8. The minimum absolute atomic E-state index is 0.178. The normalized spacial score (nSPS) is 12.0. The average molecular weight is 896 g/mol. The molecule has 13 rings (SSSR count). The third-order valence-corrected chi connectivity index (χ3v) is 14.4. The first-order chi connectivity index (χ1) is 34.4. The number of nitrogens with one attached hydrogen (secondary N) is 1. The lowest BCUT2D eigenvalue weighted by molar-refractivity contribution is 1.19. The van der Waals surface area contributed by atoms with Crippen LogP contribution in [0.3, 0.4) is 0 Å². The van der Waals surface area contributed by atoms with Gasteiger partial charge in [-0.1, -0.05) is 120 Å². The molecule has 2 aliphatic rings. The van der Waals surface area contributed by atoms with Gasteiger partial charge in [-0.15, -0.1) is 0 Å². The number of nitriles is 1. The fourth-order valence-corrected chi connectivity index (χ4v) is 11.2. The van der Waals surface area contributed by atoms with E-state index in [2.05, 4.69) is 253 Å². The molecule has 0 atom stereocenters. The first-order valence-corrected chi connectivity index (χ1v) is 24.0. The molecule has 6 heteroatoms. The van der Waals surface area contributed by atoms with Gasteiger partial charge in [-0.2, -0.15) is 5.26 Å². The molecule has 5 nitrogen and oxygen atoms in total. The maximum Gasteiger partial charge on any atom is 0.252 e. The first kappa shape index (κ1) is 41.2. The van der Waals surface area contributed by atoms with Crippen molar-refractivity contribution in [2.45, 2.75) is 20.8 Å². The van der Waals surface area contributed by atoms with Crippen LogP contribution in [-0.2, 0) is 0 Å². The van der Waals surface area contributed by atoms with Gasteiger partial charge in [0.05, 0.1) is 17.1 Å². The number of aromatic nitrogens is 1. The molecule has 0 spiro atoms. The van der Waals surface area contributed by atoms with E-state index in [4.69, 9.17) is 0 Å². The summed E-state index contributed by atoms with van der Waals surface area (Å²) in [4.78, 5) is 4.81. The Bertz CT molecular complexity index is 3820. The van der Waals surface area contributed by atoms with Crippen molar-refractivity contribution in [2.24, 2.45) is 0 Å². The van der Waals surface area contributed by atoms with Gasteiger partial charge >= 0.3 is 0 Å². The summed E-state index contributed by atoms with van der Waals surface area (Å²) in [7, 11) is 0. The topological polar surface area (TPSA) is 47.2 Å². The SMILES string of the molecule is Cc1ccc(C)c(-c2cc(N(c3ccccc3)c3ccccc3)cc3c2Nc2cc(-c4ccc(C#N)cc4)cc4c2B3c2cc(N(c3ccccc3)c3ccccc3)cc3c5cc(C)ccc5n-4c23)c1. The van der Waals surface area contributed by atoms with Crippen molar-refractivity contribution >= 4 is 90.4 Å². The van der Waals surface area contributed by atoms with Gasteiger partial charge in [0.15, 0.2) is 0 Å². The molecule has 10 aromatic carbocycles. The van der Waals surface area contributed by atoms with Gasteiger partial charge < -0.3 is 19.7 Å². The molecule has 0 bridgehead atoms. The van der Waals surface area contributed by atoms with Crippen molar-refractivity contribution in [1.29, 1.82) is 5.26 Å². The number of hydrogen-bond acceptors (Lipinski definition) is 4. The third kappa shape index (κ3) is 6.62. The van der Waals surface area contributed by atoms with E-state index in [0.717, 1.165) is 73.4 Å². The zero-order valence-corrected chi connectivity index (χ0v) is 39.2. The van der Waals surface area contributed by atoms with Crippen LogP contribution in [0.4, 0.5) is 45.5 Å². The summed E-state index contributed by atoms with van der Waals surface area (Å²) in [6.07, 6.45) is 0. The zero-order chi connectivity index (χ0) is 47.0. The smallest absolute Gasteiger partial charge is 0.252 e. The fourth-order valence-electron chi connectivity index (χ4n) is 11.2. The molecule has 0 saturated heterocycles. The van der Waals surface area contributed by atoms with Crippen molar-refractivity contribution in [3.05, 3.63) is 241 Å². The molecule has 0 unspecified atom stereocenters. The predicted octanol–water partition coefficient (Wildman–Crippen LogP) is 14.7. The van der Waals surface area contributed by atoms with Gasteiger partial charge in [0.1, 0.15) is 0 Å². The summed E-state index contributed by atoms with van der Waals surface area (Å²) in [5, 5.41) is 16.4. The molecule has 1 aromatic heterocycles. The lowest BCUT2D eigenvalue weighted by atomic mass is 9.33. The average Bonchev–Trinajstić information content (AvgIpc) is 3.73. The van der Waals surface area contributed by atoms with E-state index in [1.807, 2.05) is 12.1 Å². The van der Waals surface area contributed by atoms with E-state index in [9.17, 15) is 5.26 Å². The number of fused-ring (bicyclic) bond motifs is 7. The Balaban J connectivity index is 1.18. The number of nitrogens with zero attached hydrogens (tertiary/aromatic N) is 4. The molecule has 3 heterocycles. The summed E-state index contributed by atoms with van der Waals surface area (Å²) in [6, 6.07) is 81.5. The minimum Gasteiger partial charge on any atom is -0.356 e. The van der Waals surface area contributed by atoms with Crippen LogP contribution in [0.1, 0.15) is 22.3 Å². The van der Waals surface area contributed by atoms with Gasteiger partial charge in [-0.3, -0.25) is 0 Å². The number of aryl methyl sites for hydroxylation is 3. The largest absolute Gasteiger partial charge is 0.356 e. The predicted molar refractivity (Wildman–Crippen MR) is 294 cm³/mol. The standard InChI is InChI=1S/C64H46BN5/c1-41-24-26-43(3)53(32-41)55-36-51(68(47-16-8-4-9-17-47)48-18-10-5-11-19-48)38-57-63(55)67-59-34-46(45-29-27-44(40-66)28-30-45)35-61-62(59)65(57)58-39-52(37-56-54-33-42(2)25-31-60(54)70(61)64(56)58)69(49-20-12-6-13-21-49)50-22-14-7-15-23-50/h4-39,67H,1-3H3. The summed E-state index contributed by atoms with van der Waals surface area (Å²) >= 11 is 0. The van der Waals surface area contributed by atoms with Gasteiger partial charge in [0.25, 0.3) is 6.71 Å². The Hall–Kier alpha value is -9.05. The zero-order valence-electron chi connectivity index (χ0n) is 39.2. The lowest BCUT2D eigenvalue weighted by Crippen LogP contribution is -2.59. The number of anilines is 8. The fraction of sp³-hybridized carbons (Fsp3) is 0.0469. The molecular weight excluding hydrogens is 850 g/mol. The summed E-state index contributed by atoms with van der Waals surface area (Å²) in [5.41, 5.74) is 24.7. The monoisotopic (exact) mass is 895 g/mol. The molecule has 0 aliphatic carbocycles. The minimum atomic E-state index is -0.178. The molecule has 1 N–H and O–H groups in total. The van der Waals surface area contributed by atoms with Gasteiger partial charge in [0.2, 0.25) is 0 Å². The third-order valence-electron chi connectivity index (χ3n) is 14.4. The van der Waals surface area contributed by atoms with Crippen LogP contribution in [-0.4, -0.2) is 11.3 Å². The van der Waals surface area contributed by atoms with Crippen LogP contribution in [0.2, 0.25) is 0 Å². The molecule has 0 fully saturated rings. The van der Waals surface area contributed by atoms with Crippen LogP contribution in [0.5, 0.6) is 0 Å². The van der Waals surface area contributed by atoms with Gasteiger partial charge in [0, 0.05) is 73.0 Å². The second-order valence-electron chi connectivity index (χ2n) is 18.8. The van der Waals surface area contributed by atoms with Crippen molar-refractivity contribution in [1.82, 2.24) is 4.57 Å². The van der Waals surface area contributed by atoms with Crippen molar-refractivity contribution in [2.75, 3.05) is 15.1 Å². The van der Waals surface area contributed by atoms with E-state index in [-0.39, 0.29) is 6.71 Å². The van der Waals surface area contributed by atoms with E-state index < -0.39 is 0 Å². The molecule has 330 valence electrons. The van der Waals surface area contributed by atoms with Crippen molar-refractivity contribution < 1.29 is 0 Å². The Morgan fingerprint density at radius 2 is 1.03 bits per heavy atom. The highest BCUT2D eigenvalue weighted by atomic mass is 15.2. The van der Waals surface area contributed by atoms with Crippen molar-refractivity contribution in [3.8, 4) is 34.0 Å². The van der Waals surface area contributed by atoms with Crippen LogP contribution in [0, 0.1) is 32.1 Å². The highest BCUT2D eigenvalue weighted by Crippen LogP contribution is 2.46. The molecule has 0 saturated carbocycles. The van der Waals surface area contributed by atoms with Crippen LogP contribution in [0.15, 0.2) is 218 Å². The molecule has 0 amide bonds. The summed E-state index contributed by atoms with van der Waals surface area (Å²) in [5.74, 6) is 0. The second-order valence-corrected chi connectivity index (χ2v) is 18.8. The summed E-state index contributed by atoms with van der Waals surface area (Å²) in [6.45, 7) is 6.43. The molecule has 11 aromatic rings. The summed E-state index contributed by atoms with van der Waals surface area (Å²) < 4.78 is 2.53. The molecule has 2 aliphatic heterocycles. The number of para-hydroxylation sites is 4. The van der Waals surface area contributed by atoms with Gasteiger partial charge in [-0.25, -0.2) is 0 Å². The van der Waals surface area contributed by atoms with E-state index in [1.165, 1.54) is 54.9 Å². The quantitative estimate of drug-likeness (QED) is 0.154. The van der Waals surface area contributed by atoms with Gasteiger partial charge in [-0.05, 0) is 169 Å². The van der Waals surface area contributed by atoms with E-state index >= 15 is 0 Å². The van der Waals surface area contributed by atoms with Crippen LogP contribution in [0.25, 0.3) is 49.7 Å². The van der Waals surface area contributed by atoms with E-state index in [0.29, 0.717) is 5.56 Å². The first-order valence-electron chi connectivity index (χ1n) is 24.0. The maximum atomic E-state index is 9.80. The van der Waals surface area contributed by atoms with Crippen LogP contribution < -0.4 is 31.5 Å². The highest BCUT2D eigenvalue weighted by molar-refractivity contribution is 7.00. The lowest BCUT2D eigenvalue weighted by Gasteiger charge is -2.38. The Morgan fingerprint density at radius 1 is 0.471 bits per heavy atom. The van der Waals surface area contributed by atoms with Crippen molar-refractivity contribution in [3.63, 3.8) is 0 Å². The second kappa shape index (κ2) is 16.3. The highest BCUT2D eigenvalue weighted by Gasteiger charge is 2.42. The Kier molecular flexibility index (Phi) is 9.61. The van der Waals surface area contributed by atoms with Crippen LogP contribution >= 0.6 is 0 Å². The Labute approximate surface area is 408 Å². The molecule has 70 heavy (non-hydrogen) atoms. The maximum absolute atomic E-state index is 9.80. The Morgan fingerprint density at radius 3 is 1.63 bits per heavy atom. The van der Waals surface area contributed by atoms with E-state index in [1.54, 1.807) is 0 Å². The number of benzene rings is 10. The molecular formula is C64H46BN5. The molecule has 0 radical (unpaired) electrons.